The lowest BCUT2D eigenvalue weighted by molar-refractivity contribution is 0.0527. The quantitative estimate of drug-likeness (QED) is 0.679. The molecule has 6 heteroatoms. The Morgan fingerprint density at radius 2 is 2.24 bits per heavy atom. The maximum Gasteiger partial charge on any atom is 0.340 e. The number of aromatic nitrogens is 1. The van der Waals surface area contributed by atoms with E-state index in [9.17, 15) is 4.79 Å². The molecule has 0 amide bonds. The number of rotatable bonds is 5. The first kappa shape index (κ1) is 15.3. The monoisotopic (exact) mass is 305 g/mol. The van der Waals surface area contributed by atoms with Crippen LogP contribution >= 0.6 is 11.3 Å². The van der Waals surface area contributed by atoms with Gasteiger partial charge in [-0.1, -0.05) is 6.07 Å². The lowest BCUT2D eigenvalue weighted by Gasteiger charge is -2.22. The van der Waals surface area contributed by atoms with Crippen LogP contribution in [-0.2, 0) is 11.3 Å². The van der Waals surface area contributed by atoms with Crippen molar-refractivity contribution in [2.24, 2.45) is 0 Å². The second-order valence-electron chi connectivity index (χ2n) is 4.68. The fraction of sp³-hybridized carbons (Fsp3) is 0.333. The summed E-state index contributed by atoms with van der Waals surface area (Å²) in [6.45, 7) is 4.67. The molecule has 0 spiro atoms. The molecule has 2 aromatic rings. The highest BCUT2D eigenvalue weighted by atomic mass is 32.1. The van der Waals surface area contributed by atoms with Gasteiger partial charge in [0, 0.05) is 12.4 Å². The van der Waals surface area contributed by atoms with Gasteiger partial charge in [-0.15, -0.1) is 11.3 Å². The van der Waals surface area contributed by atoms with Gasteiger partial charge < -0.3 is 15.4 Å². The Balaban J connectivity index is 2.30. The van der Waals surface area contributed by atoms with Crippen molar-refractivity contribution >= 4 is 28.7 Å². The van der Waals surface area contributed by atoms with Crippen LogP contribution in [0.1, 0.15) is 28.0 Å². The number of nitrogen functional groups attached to an aromatic ring is 1. The van der Waals surface area contributed by atoms with Crippen LogP contribution in [0.5, 0.6) is 0 Å². The molecule has 0 radical (unpaired) electrons. The van der Waals surface area contributed by atoms with E-state index in [1.807, 2.05) is 24.3 Å². The molecule has 2 rings (SSSR count). The number of esters is 1. The van der Waals surface area contributed by atoms with Crippen molar-refractivity contribution in [2.75, 3.05) is 24.3 Å². The van der Waals surface area contributed by atoms with Crippen LogP contribution in [0.25, 0.3) is 0 Å². The zero-order valence-electron chi connectivity index (χ0n) is 12.4. The number of hydrogen-bond acceptors (Lipinski definition) is 6. The summed E-state index contributed by atoms with van der Waals surface area (Å²) in [6.07, 6.45) is 0. The van der Waals surface area contributed by atoms with E-state index in [0.29, 0.717) is 30.1 Å². The van der Waals surface area contributed by atoms with Crippen LogP contribution in [0.3, 0.4) is 0 Å². The third kappa shape index (κ3) is 3.52. The third-order valence-corrected chi connectivity index (χ3v) is 3.83. The summed E-state index contributed by atoms with van der Waals surface area (Å²) in [5.41, 5.74) is 8.72. The highest BCUT2D eigenvalue weighted by Gasteiger charge is 2.18. The van der Waals surface area contributed by atoms with E-state index < -0.39 is 0 Å². The molecule has 1 aromatic heterocycles. The molecule has 1 aromatic carbocycles. The summed E-state index contributed by atoms with van der Waals surface area (Å²) in [6, 6.07) is 5.26. The van der Waals surface area contributed by atoms with Crippen molar-refractivity contribution in [3.05, 3.63) is 39.8 Å². The molecular formula is C15H19N3O2S. The molecule has 0 saturated heterocycles. The number of carbonyl (C=O) groups excluding carboxylic acids is 1. The standard InChI is InChI=1S/C15H19N3O2S/c1-4-20-15(19)12-6-5-7-13(16)14(12)18(3)8-11-9-21-10(2)17-11/h5-7,9H,4,8,16H2,1-3H3. The van der Waals surface area contributed by atoms with Crippen molar-refractivity contribution < 1.29 is 9.53 Å². The van der Waals surface area contributed by atoms with Crippen LogP contribution in [0, 0.1) is 6.92 Å². The van der Waals surface area contributed by atoms with Gasteiger partial charge >= 0.3 is 5.97 Å². The van der Waals surface area contributed by atoms with Gasteiger partial charge in [-0.05, 0) is 26.0 Å². The van der Waals surface area contributed by atoms with Gasteiger partial charge in [0.2, 0.25) is 0 Å². The molecule has 0 aliphatic rings. The van der Waals surface area contributed by atoms with Crippen molar-refractivity contribution in [3.8, 4) is 0 Å². The van der Waals surface area contributed by atoms with E-state index in [1.165, 1.54) is 0 Å². The molecule has 1 heterocycles. The summed E-state index contributed by atoms with van der Waals surface area (Å²) in [4.78, 5) is 18.4. The number of para-hydroxylation sites is 1. The molecule has 2 N–H and O–H groups in total. The third-order valence-electron chi connectivity index (χ3n) is 3.01. The van der Waals surface area contributed by atoms with Gasteiger partial charge in [0.25, 0.3) is 0 Å². The Labute approximate surface area is 128 Å². The summed E-state index contributed by atoms with van der Waals surface area (Å²) < 4.78 is 5.09. The average Bonchev–Trinajstić information content (AvgIpc) is 2.83. The van der Waals surface area contributed by atoms with Gasteiger partial charge in [-0.3, -0.25) is 0 Å². The number of thiazole rings is 1. The van der Waals surface area contributed by atoms with E-state index in [-0.39, 0.29) is 5.97 Å². The maximum atomic E-state index is 12.1. The van der Waals surface area contributed by atoms with Crippen molar-refractivity contribution in [3.63, 3.8) is 0 Å². The fourth-order valence-corrected chi connectivity index (χ4v) is 2.77. The van der Waals surface area contributed by atoms with E-state index in [1.54, 1.807) is 36.5 Å². The largest absolute Gasteiger partial charge is 0.462 e. The van der Waals surface area contributed by atoms with Gasteiger partial charge in [-0.2, -0.15) is 0 Å². The molecule has 21 heavy (non-hydrogen) atoms. The molecule has 0 atom stereocenters. The molecular weight excluding hydrogens is 286 g/mol. The summed E-state index contributed by atoms with van der Waals surface area (Å²) >= 11 is 1.60. The van der Waals surface area contributed by atoms with Gasteiger partial charge in [0.1, 0.15) is 0 Å². The number of ether oxygens (including phenoxy) is 1. The zero-order valence-corrected chi connectivity index (χ0v) is 13.2. The minimum Gasteiger partial charge on any atom is -0.462 e. The predicted octanol–water partition coefficient (Wildman–Crippen LogP) is 2.85. The van der Waals surface area contributed by atoms with Crippen LogP contribution in [0.4, 0.5) is 11.4 Å². The topological polar surface area (TPSA) is 68.5 Å². The fourth-order valence-electron chi connectivity index (χ4n) is 2.16. The Bertz CT molecular complexity index is 640. The molecule has 0 unspecified atom stereocenters. The predicted molar refractivity (Wildman–Crippen MR) is 85.8 cm³/mol. The van der Waals surface area contributed by atoms with E-state index in [2.05, 4.69) is 4.98 Å². The van der Waals surface area contributed by atoms with Crippen LogP contribution in [-0.4, -0.2) is 24.6 Å². The number of nitrogens with two attached hydrogens (primary N) is 1. The highest BCUT2D eigenvalue weighted by Crippen LogP contribution is 2.29. The van der Waals surface area contributed by atoms with Crippen LogP contribution in [0.2, 0.25) is 0 Å². The molecule has 0 bridgehead atoms. The van der Waals surface area contributed by atoms with Crippen LogP contribution < -0.4 is 10.6 Å². The first-order valence-electron chi connectivity index (χ1n) is 6.70. The Morgan fingerprint density at radius 1 is 1.48 bits per heavy atom. The lowest BCUT2D eigenvalue weighted by Crippen LogP contribution is -2.21. The number of carbonyl (C=O) groups is 1. The summed E-state index contributed by atoms with van der Waals surface area (Å²) in [7, 11) is 1.89. The minimum absolute atomic E-state index is 0.335. The smallest absolute Gasteiger partial charge is 0.340 e. The Morgan fingerprint density at radius 3 is 2.86 bits per heavy atom. The Kier molecular flexibility index (Phi) is 4.80. The minimum atomic E-state index is -0.360. The molecule has 112 valence electrons. The molecule has 0 aliphatic heterocycles. The van der Waals surface area contributed by atoms with Gasteiger partial charge in [-0.25, -0.2) is 9.78 Å². The lowest BCUT2D eigenvalue weighted by atomic mass is 10.1. The van der Waals surface area contributed by atoms with E-state index in [4.69, 9.17) is 10.5 Å². The van der Waals surface area contributed by atoms with E-state index >= 15 is 0 Å². The first-order chi connectivity index (χ1) is 10.0. The average molecular weight is 305 g/mol. The molecule has 0 saturated carbocycles. The molecule has 5 nitrogen and oxygen atoms in total. The van der Waals surface area contributed by atoms with E-state index in [0.717, 1.165) is 10.7 Å². The molecule has 0 aliphatic carbocycles. The van der Waals surface area contributed by atoms with Crippen molar-refractivity contribution in [2.45, 2.75) is 20.4 Å². The number of nitrogens with zero attached hydrogens (tertiary/aromatic N) is 2. The van der Waals surface area contributed by atoms with Gasteiger partial charge in [0.05, 0.1) is 40.8 Å². The van der Waals surface area contributed by atoms with Gasteiger partial charge in [0.15, 0.2) is 0 Å². The second kappa shape index (κ2) is 6.58. The Hall–Kier alpha value is -2.08. The van der Waals surface area contributed by atoms with Crippen molar-refractivity contribution in [1.29, 1.82) is 0 Å². The number of aryl methyl sites for hydroxylation is 1. The normalized spacial score (nSPS) is 10.4. The molecule has 0 fully saturated rings. The summed E-state index contributed by atoms with van der Waals surface area (Å²) in [5.74, 6) is -0.360. The SMILES string of the molecule is CCOC(=O)c1cccc(N)c1N(C)Cc1csc(C)n1. The van der Waals surface area contributed by atoms with Crippen LogP contribution in [0.15, 0.2) is 23.6 Å². The number of anilines is 2. The number of hydrogen-bond donors (Lipinski definition) is 1. The maximum absolute atomic E-state index is 12.1. The van der Waals surface area contributed by atoms with Crippen molar-refractivity contribution in [1.82, 2.24) is 4.98 Å². The second-order valence-corrected chi connectivity index (χ2v) is 5.74. The zero-order chi connectivity index (χ0) is 15.4. The first-order valence-corrected chi connectivity index (χ1v) is 7.58. The number of benzene rings is 1. The highest BCUT2D eigenvalue weighted by molar-refractivity contribution is 7.09. The summed E-state index contributed by atoms with van der Waals surface area (Å²) in [5, 5.41) is 3.03.